The van der Waals surface area contributed by atoms with Crippen molar-refractivity contribution in [3.8, 4) is 33.9 Å². The SMILES string of the molecule is COc1cc(-c2cc(C(=O)O)[nH]n2)c(OC)cc1-c1ccccc1. The summed E-state index contributed by atoms with van der Waals surface area (Å²) in [6, 6.07) is 14.9. The number of benzene rings is 2. The number of carbonyl (C=O) groups is 1. The first-order chi connectivity index (χ1) is 11.6. The number of nitrogens with one attached hydrogen (secondary N) is 1. The largest absolute Gasteiger partial charge is 0.496 e. The molecule has 6 nitrogen and oxygen atoms in total. The number of carboxylic acids is 1. The van der Waals surface area contributed by atoms with Crippen molar-refractivity contribution >= 4 is 5.97 Å². The smallest absolute Gasteiger partial charge is 0.353 e. The highest BCUT2D eigenvalue weighted by Gasteiger charge is 2.17. The standard InChI is InChI=1S/C18H16N2O4/c1-23-16-9-13(14-10-15(18(21)22)20-19-14)17(24-2)8-12(16)11-6-4-3-5-7-11/h3-10H,1-2H3,(H,19,20)(H,21,22). The zero-order valence-corrected chi connectivity index (χ0v) is 13.2. The molecule has 0 fully saturated rings. The second kappa shape index (κ2) is 6.45. The van der Waals surface area contributed by atoms with Gasteiger partial charge < -0.3 is 14.6 Å². The van der Waals surface area contributed by atoms with Gasteiger partial charge in [-0.1, -0.05) is 30.3 Å². The van der Waals surface area contributed by atoms with Crippen LogP contribution in [-0.2, 0) is 0 Å². The molecule has 0 aliphatic rings. The summed E-state index contributed by atoms with van der Waals surface area (Å²) in [6.07, 6.45) is 0. The fraction of sp³-hybridized carbons (Fsp3) is 0.111. The molecule has 3 aromatic rings. The van der Waals surface area contributed by atoms with E-state index in [9.17, 15) is 4.79 Å². The lowest BCUT2D eigenvalue weighted by molar-refractivity contribution is 0.0690. The summed E-state index contributed by atoms with van der Waals surface area (Å²) in [5.41, 5.74) is 3.01. The zero-order chi connectivity index (χ0) is 17.1. The molecule has 0 saturated heterocycles. The molecule has 0 aliphatic carbocycles. The Morgan fingerprint density at radius 1 is 1.00 bits per heavy atom. The first-order valence-corrected chi connectivity index (χ1v) is 7.24. The normalized spacial score (nSPS) is 10.4. The molecule has 0 amide bonds. The molecule has 24 heavy (non-hydrogen) atoms. The number of ether oxygens (including phenoxy) is 2. The fourth-order valence-corrected chi connectivity index (χ4v) is 2.51. The van der Waals surface area contributed by atoms with E-state index >= 15 is 0 Å². The molecule has 0 atom stereocenters. The maximum absolute atomic E-state index is 11.0. The average molecular weight is 324 g/mol. The van der Waals surface area contributed by atoms with Crippen LogP contribution in [0.5, 0.6) is 11.5 Å². The second-order valence-corrected chi connectivity index (χ2v) is 5.09. The summed E-state index contributed by atoms with van der Waals surface area (Å²) in [7, 11) is 3.15. The second-order valence-electron chi connectivity index (χ2n) is 5.09. The van der Waals surface area contributed by atoms with Crippen molar-refractivity contribution < 1.29 is 19.4 Å². The number of hydrogen-bond acceptors (Lipinski definition) is 4. The number of rotatable bonds is 5. The van der Waals surface area contributed by atoms with E-state index in [0.717, 1.165) is 11.1 Å². The Balaban J connectivity index is 2.15. The predicted molar refractivity (Wildman–Crippen MR) is 89.5 cm³/mol. The third-order valence-corrected chi connectivity index (χ3v) is 3.69. The van der Waals surface area contributed by atoms with Crippen LogP contribution in [0.2, 0.25) is 0 Å². The summed E-state index contributed by atoms with van der Waals surface area (Å²) < 4.78 is 11.0. The summed E-state index contributed by atoms with van der Waals surface area (Å²) in [5.74, 6) is 0.163. The Bertz CT molecular complexity index is 872. The van der Waals surface area contributed by atoms with Crippen molar-refractivity contribution in [3.63, 3.8) is 0 Å². The van der Waals surface area contributed by atoms with Crippen LogP contribution in [0.1, 0.15) is 10.5 Å². The highest BCUT2D eigenvalue weighted by atomic mass is 16.5. The highest BCUT2D eigenvalue weighted by Crippen LogP contribution is 2.40. The predicted octanol–water partition coefficient (Wildman–Crippen LogP) is 3.46. The minimum Gasteiger partial charge on any atom is -0.496 e. The highest BCUT2D eigenvalue weighted by molar-refractivity contribution is 5.88. The van der Waals surface area contributed by atoms with Gasteiger partial charge in [-0.05, 0) is 23.8 Å². The molecular formula is C18H16N2O4. The van der Waals surface area contributed by atoms with Gasteiger partial charge in [0.15, 0.2) is 0 Å². The molecule has 2 N–H and O–H groups in total. The summed E-state index contributed by atoms with van der Waals surface area (Å²) in [5, 5.41) is 15.6. The van der Waals surface area contributed by atoms with Gasteiger partial charge in [-0.3, -0.25) is 5.10 Å². The van der Waals surface area contributed by atoms with Gasteiger partial charge in [0, 0.05) is 11.1 Å². The van der Waals surface area contributed by atoms with Crippen LogP contribution in [0.4, 0.5) is 0 Å². The third kappa shape index (κ3) is 2.81. The van der Waals surface area contributed by atoms with Crippen LogP contribution in [-0.4, -0.2) is 35.5 Å². The van der Waals surface area contributed by atoms with Gasteiger partial charge in [0.25, 0.3) is 0 Å². The summed E-state index contributed by atoms with van der Waals surface area (Å²) >= 11 is 0. The molecule has 2 aromatic carbocycles. The lowest BCUT2D eigenvalue weighted by Gasteiger charge is -2.14. The van der Waals surface area contributed by atoms with Crippen molar-refractivity contribution in [1.29, 1.82) is 0 Å². The van der Waals surface area contributed by atoms with Crippen molar-refractivity contribution in [2.75, 3.05) is 14.2 Å². The monoisotopic (exact) mass is 324 g/mol. The first kappa shape index (κ1) is 15.6. The van der Waals surface area contributed by atoms with Gasteiger partial charge in [-0.25, -0.2) is 4.79 Å². The maximum atomic E-state index is 11.0. The molecule has 0 radical (unpaired) electrons. The number of aromatic amines is 1. The van der Waals surface area contributed by atoms with Gasteiger partial charge in [0.2, 0.25) is 0 Å². The zero-order valence-electron chi connectivity index (χ0n) is 13.2. The van der Waals surface area contributed by atoms with E-state index in [1.807, 2.05) is 36.4 Å². The van der Waals surface area contributed by atoms with Crippen LogP contribution in [0, 0.1) is 0 Å². The number of carboxylic acid groups (broad SMARTS) is 1. The van der Waals surface area contributed by atoms with Crippen LogP contribution < -0.4 is 9.47 Å². The lowest BCUT2D eigenvalue weighted by Crippen LogP contribution is -1.95. The molecule has 6 heteroatoms. The van der Waals surface area contributed by atoms with Crippen LogP contribution >= 0.6 is 0 Å². The van der Waals surface area contributed by atoms with Gasteiger partial charge in [0.1, 0.15) is 17.2 Å². The van der Waals surface area contributed by atoms with E-state index in [0.29, 0.717) is 22.8 Å². The van der Waals surface area contributed by atoms with Gasteiger partial charge in [-0.2, -0.15) is 5.10 Å². The third-order valence-electron chi connectivity index (χ3n) is 3.69. The Hall–Kier alpha value is -3.28. The van der Waals surface area contributed by atoms with Crippen molar-refractivity contribution in [2.45, 2.75) is 0 Å². The van der Waals surface area contributed by atoms with Gasteiger partial charge >= 0.3 is 5.97 Å². The quantitative estimate of drug-likeness (QED) is 0.751. The Kier molecular flexibility index (Phi) is 4.20. The van der Waals surface area contributed by atoms with E-state index in [4.69, 9.17) is 14.6 Å². The van der Waals surface area contributed by atoms with E-state index in [1.165, 1.54) is 6.07 Å². The van der Waals surface area contributed by atoms with Crippen LogP contribution in [0.3, 0.4) is 0 Å². The van der Waals surface area contributed by atoms with Crippen molar-refractivity contribution in [3.05, 3.63) is 54.2 Å². The molecule has 3 rings (SSSR count). The molecule has 0 spiro atoms. The number of nitrogens with zero attached hydrogens (tertiary/aromatic N) is 1. The summed E-state index contributed by atoms with van der Waals surface area (Å²) in [4.78, 5) is 11.0. The molecule has 0 saturated carbocycles. The van der Waals surface area contributed by atoms with Crippen molar-refractivity contribution in [2.24, 2.45) is 0 Å². The van der Waals surface area contributed by atoms with Gasteiger partial charge in [0.05, 0.1) is 19.9 Å². The molecule has 0 aliphatic heterocycles. The number of methoxy groups -OCH3 is 2. The van der Waals surface area contributed by atoms with Gasteiger partial charge in [-0.15, -0.1) is 0 Å². The number of aromatic nitrogens is 2. The van der Waals surface area contributed by atoms with Crippen molar-refractivity contribution in [1.82, 2.24) is 10.2 Å². The average Bonchev–Trinajstić information content (AvgIpc) is 3.11. The Morgan fingerprint density at radius 2 is 1.62 bits per heavy atom. The minimum atomic E-state index is -1.07. The molecular weight excluding hydrogens is 308 g/mol. The summed E-state index contributed by atoms with van der Waals surface area (Å²) in [6.45, 7) is 0. The molecule has 1 aromatic heterocycles. The Labute approximate surface area is 138 Å². The van der Waals surface area contributed by atoms with Crippen LogP contribution in [0.15, 0.2) is 48.5 Å². The maximum Gasteiger partial charge on any atom is 0.353 e. The number of hydrogen-bond donors (Lipinski definition) is 2. The Morgan fingerprint density at radius 3 is 2.21 bits per heavy atom. The fourth-order valence-electron chi connectivity index (χ4n) is 2.51. The number of H-pyrrole nitrogens is 1. The van der Waals surface area contributed by atoms with E-state index in [1.54, 1.807) is 20.3 Å². The van der Waals surface area contributed by atoms with E-state index < -0.39 is 5.97 Å². The lowest BCUT2D eigenvalue weighted by atomic mass is 10.00. The van der Waals surface area contributed by atoms with E-state index in [-0.39, 0.29) is 5.69 Å². The number of aromatic carboxylic acids is 1. The minimum absolute atomic E-state index is 0.0122. The molecule has 0 unspecified atom stereocenters. The molecule has 0 bridgehead atoms. The van der Waals surface area contributed by atoms with Crippen LogP contribution in [0.25, 0.3) is 22.4 Å². The van der Waals surface area contributed by atoms with E-state index in [2.05, 4.69) is 10.2 Å². The first-order valence-electron chi connectivity index (χ1n) is 7.24. The topological polar surface area (TPSA) is 84.4 Å². The molecule has 1 heterocycles. The molecule has 122 valence electrons.